The first-order valence-corrected chi connectivity index (χ1v) is 5.34. The Morgan fingerprint density at radius 3 is 2.75 bits per heavy atom. The topological polar surface area (TPSA) is 30.7 Å². The van der Waals surface area contributed by atoms with Crippen LogP contribution in [0.2, 0.25) is 0 Å². The molecule has 2 rings (SSSR count). The minimum Gasteiger partial charge on any atom is -0.265 e. The molecular weight excluding hydrogens is 222 g/mol. The fraction of sp³-hybridized carbons (Fsp3) is 0.167. The van der Waals surface area contributed by atoms with E-state index < -0.39 is 0 Å². The number of terminal acetylenes is 1. The van der Waals surface area contributed by atoms with Gasteiger partial charge in [-0.05, 0) is 12.1 Å². The van der Waals surface area contributed by atoms with Gasteiger partial charge in [-0.2, -0.15) is 5.10 Å². The zero-order chi connectivity index (χ0) is 11.4. The first-order valence-electron chi connectivity index (χ1n) is 4.81. The van der Waals surface area contributed by atoms with E-state index in [1.54, 1.807) is 17.1 Å². The molecule has 0 saturated carbocycles. The Hall–Kier alpha value is -1.79. The molecule has 3 nitrogen and oxygen atoms in total. The average Bonchev–Trinajstić information content (AvgIpc) is 2.74. The van der Waals surface area contributed by atoms with Gasteiger partial charge in [0.05, 0.1) is 11.6 Å². The van der Waals surface area contributed by atoms with Crippen molar-refractivity contribution in [3.63, 3.8) is 0 Å². The normalized spacial score (nSPS) is 10.0. The number of pyridine rings is 1. The summed E-state index contributed by atoms with van der Waals surface area (Å²) >= 11 is 5.87. The standard InChI is InChI=1S/C12H10ClN3/c1-2-7-16-9-11(8-13)12(15-16)10-3-5-14-6-4-10/h1,3-6,9H,7-8H2. The first kappa shape index (κ1) is 10.7. The third-order valence-corrected chi connectivity index (χ3v) is 2.48. The third kappa shape index (κ3) is 2.07. The van der Waals surface area contributed by atoms with Gasteiger partial charge in [0.2, 0.25) is 0 Å². The van der Waals surface area contributed by atoms with Crippen molar-refractivity contribution in [2.45, 2.75) is 12.4 Å². The van der Waals surface area contributed by atoms with Gasteiger partial charge in [0.1, 0.15) is 6.54 Å². The van der Waals surface area contributed by atoms with E-state index in [2.05, 4.69) is 16.0 Å². The lowest BCUT2D eigenvalue weighted by atomic mass is 10.1. The summed E-state index contributed by atoms with van der Waals surface area (Å²) in [4.78, 5) is 3.97. The lowest BCUT2D eigenvalue weighted by molar-refractivity contribution is 0.718. The molecule has 0 aromatic carbocycles. The van der Waals surface area contributed by atoms with Gasteiger partial charge in [0, 0.05) is 29.7 Å². The van der Waals surface area contributed by atoms with E-state index in [9.17, 15) is 0 Å². The molecule has 0 spiro atoms. The second-order valence-corrected chi connectivity index (χ2v) is 3.54. The van der Waals surface area contributed by atoms with Gasteiger partial charge in [0.25, 0.3) is 0 Å². The molecule has 2 aromatic heterocycles. The molecule has 2 heterocycles. The van der Waals surface area contributed by atoms with Crippen molar-refractivity contribution in [2.24, 2.45) is 0 Å². The van der Waals surface area contributed by atoms with E-state index in [4.69, 9.17) is 18.0 Å². The quantitative estimate of drug-likeness (QED) is 0.600. The van der Waals surface area contributed by atoms with Crippen LogP contribution < -0.4 is 0 Å². The smallest absolute Gasteiger partial charge is 0.101 e. The summed E-state index contributed by atoms with van der Waals surface area (Å²) in [5.41, 5.74) is 2.84. The van der Waals surface area contributed by atoms with E-state index in [1.807, 2.05) is 18.3 Å². The first-order chi connectivity index (χ1) is 7.85. The summed E-state index contributed by atoms with van der Waals surface area (Å²) in [5, 5.41) is 4.40. The minimum atomic E-state index is 0.419. The molecule has 0 fully saturated rings. The molecule has 2 aromatic rings. The number of aromatic nitrogens is 3. The monoisotopic (exact) mass is 231 g/mol. The van der Waals surface area contributed by atoms with Gasteiger partial charge in [-0.1, -0.05) is 5.92 Å². The Labute approximate surface area is 99.1 Å². The van der Waals surface area contributed by atoms with Crippen LogP contribution in [0.15, 0.2) is 30.7 Å². The summed E-state index contributed by atoms with van der Waals surface area (Å²) in [6.07, 6.45) is 10.6. The van der Waals surface area contributed by atoms with Crippen LogP contribution in [0.25, 0.3) is 11.3 Å². The number of nitrogens with zero attached hydrogens (tertiary/aromatic N) is 3. The van der Waals surface area contributed by atoms with Gasteiger partial charge in [-0.25, -0.2) is 0 Å². The van der Waals surface area contributed by atoms with Gasteiger partial charge < -0.3 is 0 Å². The highest BCUT2D eigenvalue weighted by molar-refractivity contribution is 6.17. The van der Waals surface area contributed by atoms with Gasteiger partial charge in [-0.3, -0.25) is 9.67 Å². The Morgan fingerprint density at radius 2 is 2.12 bits per heavy atom. The summed E-state index contributed by atoms with van der Waals surface area (Å²) in [6.45, 7) is 0.453. The molecule has 0 radical (unpaired) electrons. The predicted molar refractivity (Wildman–Crippen MR) is 63.8 cm³/mol. The second-order valence-electron chi connectivity index (χ2n) is 3.27. The summed E-state index contributed by atoms with van der Waals surface area (Å²) in [7, 11) is 0. The van der Waals surface area contributed by atoms with E-state index in [0.29, 0.717) is 12.4 Å². The van der Waals surface area contributed by atoms with E-state index in [-0.39, 0.29) is 0 Å². The van der Waals surface area contributed by atoms with Crippen molar-refractivity contribution in [3.05, 3.63) is 36.3 Å². The highest BCUT2D eigenvalue weighted by Gasteiger charge is 2.09. The Balaban J connectivity index is 2.44. The molecule has 0 bridgehead atoms. The van der Waals surface area contributed by atoms with Crippen molar-refractivity contribution < 1.29 is 0 Å². The molecule has 4 heteroatoms. The van der Waals surface area contributed by atoms with Crippen LogP contribution in [-0.2, 0) is 12.4 Å². The summed E-state index contributed by atoms with van der Waals surface area (Å²) in [5.74, 6) is 2.96. The van der Waals surface area contributed by atoms with Gasteiger partial charge in [-0.15, -0.1) is 18.0 Å². The maximum Gasteiger partial charge on any atom is 0.101 e. The molecule has 0 atom stereocenters. The number of rotatable bonds is 3. The Morgan fingerprint density at radius 1 is 1.38 bits per heavy atom. The van der Waals surface area contributed by atoms with E-state index in [1.165, 1.54) is 0 Å². The molecule has 80 valence electrons. The van der Waals surface area contributed by atoms with Crippen LogP contribution in [0.5, 0.6) is 0 Å². The molecule has 0 N–H and O–H groups in total. The third-order valence-electron chi connectivity index (χ3n) is 2.19. The van der Waals surface area contributed by atoms with Crippen LogP contribution in [0.1, 0.15) is 5.56 Å². The molecule has 0 unspecified atom stereocenters. The summed E-state index contributed by atoms with van der Waals surface area (Å²) < 4.78 is 1.72. The number of hydrogen-bond acceptors (Lipinski definition) is 2. The maximum absolute atomic E-state index is 5.87. The molecular formula is C12H10ClN3. The molecule has 0 saturated heterocycles. The lowest BCUT2D eigenvalue weighted by Gasteiger charge is -1.97. The van der Waals surface area contributed by atoms with Crippen molar-refractivity contribution in [1.29, 1.82) is 0 Å². The zero-order valence-corrected chi connectivity index (χ0v) is 9.35. The Bertz CT molecular complexity index is 511. The SMILES string of the molecule is C#CCn1cc(CCl)c(-c2ccncc2)n1. The van der Waals surface area contributed by atoms with E-state index in [0.717, 1.165) is 16.8 Å². The molecule has 0 aliphatic heterocycles. The van der Waals surface area contributed by atoms with Gasteiger partial charge in [0.15, 0.2) is 0 Å². The summed E-state index contributed by atoms with van der Waals surface area (Å²) in [6, 6.07) is 3.80. The lowest BCUT2D eigenvalue weighted by Crippen LogP contribution is -1.95. The van der Waals surface area contributed by atoms with Crippen molar-refractivity contribution in [1.82, 2.24) is 14.8 Å². The van der Waals surface area contributed by atoms with Crippen LogP contribution in [0, 0.1) is 12.3 Å². The van der Waals surface area contributed by atoms with Crippen molar-refractivity contribution in [3.8, 4) is 23.6 Å². The van der Waals surface area contributed by atoms with Gasteiger partial charge >= 0.3 is 0 Å². The van der Waals surface area contributed by atoms with Crippen LogP contribution in [0.4, 0.5) is 0 Å². The largest absolute Gasteiger partial charge is 0.265 e. The van der Waals surface area contributed by atoms with Crippen molar-refractivity contribution in [2.75, 3.05) is 0 Å². The molecule has 0 aliphatic rings. The predicted octanol–water partition coefficient (Wildman–Crippen LogP) is 2.32. The van der Waals surface area contributed by atoms with Crippen molar-refractivity contribution >= 4 is 11.6 Å². The number of hydrogen-bond donors (Lipinski definition) is 0. The average molecular weight is 232 g/mol. The highest BCUT2D eigenvalue weighted by Crippen LogP contribution is 2.22. The minimum absolute atomic E-state index is 0.419. The van der Waals surface area contributed by atoms with Crippen LogP contribution in [-0.4, -0.2) is 14.8 Å². The van der Waals surface area contributed by atoms with Crippen LogP contribution in [0.3, 0.4) is 0 Å². The van der Waals surface area contributed by atoms with Crippen LogP contribution >= 0.6 is 11.6 Å². The fourth-order valence-corrected chi connectivity index (χ4v) is 1.68. The molecule has 16 heavy (non-hydrogen) atoms. The maximum atomic E-state index is 5.87. The molecule has 0 amide bonds. The molecule has 0 aliphatic carbocycles. The number of alkyl halides is 1. The second kappa shape index (κ2) is 4.82. The highest BCUT2D eigenvalue weighted by atomic mass is 35.5. The zero-order valence-electron chi connectivity index (χ0n) is 8.60. The number of halogens is 1. The Kier molecular flexibility index (Phi) is 3.23. The fourth-order valence-electron chi connectivity index (χ4n) is 1.49. The van der Waals surface area contributed by atoms with E-state index >= 15 is 0 Å².